The zero-order valence-corrected chi connectivity index (χ0v) is 14.8. The number of aromatic carboxylic acids is 1. The largest absolute Gasteiger partial charge is 0.669 e. The number of hydrogen-bond donors (Lipinski definition) is 4. The van der Waals surface area contributed by atoms with Crippen LogP contribution in [0.4, 0.5) is 0 Å². The number of nitrogens with zero attached hydrogens (tertiary/aromatic N) is 1. The van der Waals surface area contributed by atoms with Gasteiger partial charge in [-0.3, -0.25) is 4.79 Å². The van der Waals surface area contributed by atoms with Crippen LogP contribution < -0.4 is 14.7 Å². The van der Waals surface area contributed by atoms with Crippen LogP contribution in [-0.2, 0) is 11.2 Å². The molecular formula is C17H22BN2O7-. The number of carboxylic acids is 1. The molecule has 146 valence electrons. The van der Waals surface area contributed by atoms with Crippen LogP contribution in [0.25, 0.3) is 0 Å². The molecule has 3 aliphatic rings. The predicted molar refractivity (Wildman–Crippen MR) is 94.8 cm³/mol. The highest BCUT2D eigenvalue weighted by Crippen LogP contribution is 2.39. The number of carboxylic acid groups (broad SMARTS) is 1. The minimum atomic E-state index is -3.07. The zero-order chi connectivity index (χ0) is 19.2. The highest BCUT2D eigenvalue weighted by Gasteiger charge is 2.38. The Balaban J connectivity index is 1.47. The number of nitrogens with one attached hydrogen (secondary N) is 1. The van der Waals surface area contributed by atoms with Crippen LogP contribution in [0.3, 0.4) is 0 Å². The van der Waals surface area contributed by atoms with Gasteiger partial charge in [-0.2, -0.15) is 0 Å². The molecule has 0 radical (unpaired) electrons. The van der Waals surface area contributed by atoms with E-state index in [-0.39, 0.29) is 41.4 Å². The van der Waals surface area contributed by atoms with Gasteiger partial charge in [-0.05, 0) is 37.4 Å². The number of hydrogen-bond acceptors (Lipinski definition) is 7. The van der Waals surface area contributed by atoms with Crippen molar-refractivity contribution < 1.29 is 34.1 Å². The molecule has 9 nitrogen and oxygen atoms in total. The summed E-state index contributed by atoms with van der Waals surface area (Å²) < 4.78 is 10.9. The summed E-state index contributed by atoms with van der Waals surface area (Å²) in [5.74, 6) is -1.17. The lowest BCUT2D eigenvalue weighted by atomic mass is 9.70. The van der Waals surface area contributed by atoms with Crippen LogP contribution in [0.15, 0.2) is 12.1 Å². The minimum Gasteiger partial charge on any atom is -0.669 e. The van der Waals surface area contributed by atoms with Gasteiger partial charge < -0.3 is 34.8 Å². The van der Waals surface area contributed by atoms with Gasteiger partial charge in [-0.25, -0.2) is 4.79 Å². The van der Waals surface area contributed by atoms with Gasteiger partial charge in [0, 0.05) is 0 Å². The maximum Gasteiger partial charge on any atom is 0.430 e. The highest BCUT2D eigenvalue weighted by molar-refractivity contribution is 6.59. The van der Waals surface area contributed by atoms with E-state index >= 15 is 0 Å². The molecule has 1 amide bonds. The number of carbonyl (C=O) groups excluding carboxylic acids is 1. The van der Waals surface area contributed by atoms with Crippen molar-refractivity contribution in [3.05, 3.63) is 23.3 Å². The number of likely N-dealkylation sites (tertiary alicyclic amines) is 1. The van der Waals surface area contributed by atoms with E-state index in [4.69, 9.17) is 9.39 Å². The van der Waals surface area contributed by atoms with Gasteiger partial charge in [0.05, 0.1) is 24.9 Å². The quantitative estimate of drug-likeness (QED) is 0.521. The fourth-order valence-electron chi connectivity index (χ4n) is 3.82. The molecule has 10 heteroatoms. The van der Waals surface area contributed by atoms with Crippen molar-refractivity contribution in [3.8, 4) is 11.5 Å². The number of aryl methyl sites for hydroxylation is 1. The van der Waals surface area contributed by atoms with Crippen molar-refractivity contribution in [2.24, 2.45) is 0 Å². The molecule has 0 saturated carbocycles. The maximum absolute atomic E-state index is 12.3. The van der Waals surface area contributed by atoms with E-state index in [1.165, 1.54) is 0 Å². The summed E-state index contributed by atoms with van der Waals surface area (Å²) >= 11 is 0. The van der Waals surface area contributed by atoms with Crippen molar-refractivity contribution in [2.75, 3.05) is 19.6 Å². The van der Waals surface area contributed by atoms with Gasteiger partial charge in [0.1, 0.15) is 17.4 Å². The highest BCUT2D eigenvalue weighted by atomic mass is 16.6. The summed E-state index contributed by atoms with van der Waals surface area (Å²) in [7, 11) is 0. The third-order valence-corrected chi connectivity index (χ3v) is 5.32. The molecule has 3 heterocycles. The first-order chi connectivity index (χ1) is 12.8. The van der Waals surface area contributed by atoms with E-state index in [9.17, 15) is 24.7 Å². The summed E-state index contributed by atoms with van der Waals surface area (Å²) in [5.41, 5.74) is 0.377. The van der Waals surface area contributed by atoms with Crippen molar-refractivity contribution in [3.63, 3.8) is 0 Å². The SMILES string of the molecule is O=C(O)c1c(OC2CN(C(=O)[C@H]3CCCN3)C2)ccc2c1O[B-](O)(O)CC2. The fraction of sp³-hybridized carbons (Fsp3) is 0.529. The molecule has 4 rings (SSSR count). The molecule has 0 bridgehead atoms. The Kier molecular flexibility index (Phi) is 4.49. The predicted octanol–water partition coefficient (Wildman–Crippen LogP) is -0.415. The van der Waals surface area contributed by atoms with Gasteiger partial charge in [0.15, 0.2) is 0 Å². The number of carbonyl (C=O) groups is 2. The Hall–Kier alpha value is -2.30. The molecule has 0 aliphatic carbocycles. The molecule has 27 heavy (non-hydrogen) atoms. The summed E-state index contributed by atoms with van der Waals surface area (Å²) in [6.07, 6.45) is 1.83. The third kappa shape index (κ3) is 3.47. The number of fused-ring (bicyclic) bond motifs is 1. The van der Waals surface area contributed by atoms with Crippen LogP contribution >= 0.6 is 0 Å². The van der Waals surface area contributed by atoms with E-state index in [0.717, 1.165) is 19.4 Å². The van der Waals surface area contributed by atoms with Crippen LogP contribution in [-0.4, -0.2) is 70.5 Å². The number of benzene rings is 1. The average molecular weight is 377 g/mol. The van der Waals surface area contributed by atoms with Crippen LogP contribution in [0.1, 0.15) is 28.8 Å². The van der Waals surface area contributed by atoms with Crippen LogP contribution in [0.2, 0.25) is 6.32 Å². The van der Waals surface area contributed by atoms with Gasteiger partial charge >= 0.3 is 12.7 Å². The van der Waals surface area contributed by atoms with Crippen molar-refractivity contribution >= 4 is 18.6 Å². The van der Waals surface area contributed by atoms with Crippen LogP contribution in [0, 0.1) is 0 Å². The topological polar surface area (TPSA) is 129 Å². The normalized spacial score (nSPS) is 23.9. The summed E-state index contributed by atoms with van der Waals surface area (Å²) in [6, 6.07) is 3.10. The molecule has 0 spiro atoms. The summed E-state index contributed by atoms with van der Waals surface area (Å²) in [5, 5.41) is 32.3. The second-order valence-corrected chi connectivity index (χ2v) is 7.38. The second-order valence-electron chi connectivity index (χ2n) is 7.38. The monoisotopic (exact) mass is 377 g/mol. The van der Waals surface area contributed by atoms with Crippen molar-refractivity contribution in [1.29, 1.82) is 0 Å². The molecule has 2 fully saturated rings. The molecule has 2 saturated heterocycles. The molecular weight excluding hydrogens is 355 g/mol. The summed E-state index contributed by atoms with van der Waals surface area (Å²) in [4.78, 5) is 25.7. The molecule has 0 unspecified atom stereocenters. The molecule has 0 aromatic heterocycles. The average Bonchev–Trinajstić information content (AvgIpc) is 3.10. The standard InChI is InChI=1S/C17H22BN2O7/c21-16(12-2-1-7-19-12)20-8-11(9-20)26-13-4-3-10-5-6-18(24,25)27-15(10)14(13)17(22)23/h3-4,11-12,19,24-25H,1-2,5-9H2,(H,22,23)/q-1/t12-/m1/s1. The van der Waals surface area contributed by atoms with E-state index < -0.39 is 12.7 Å². The zero-order valence-electron chi connectivity index (χ0n) is 14.8. The van der Waals surface area contributed by atoms with Gasteiger partial charge in [-0.15, -0.1) is 0 Å². The first-order valence-corrected chi connectivity index (χ1v) is 9.21. The Labute approximate surface area is 155 Å². The lowest BCUT2D eigenvalue weighted by Gasteiger charge is -2.41. The Morgan fingerprint density at radius 2 is 2.07 bits per heavy atom. The molecule has 1 atom stereocenters. The number of ether oxygens (including phenoxy) is 1. The lowest BCUT2D eigenvalue weighted by molar-refractivity contribution is -0.141. The first kappa shape index (κ1) is 18.1. The van der Waals surface area contributed by atoms with Gasteiger partial charge in [0.25, 0.3) is 0 Å². The van der Waals surface area contributed by atoms with E-state index in [1.807, 2.05) is 0 Å². The molecule has 3 aliphatic heterocycles. The molecule has 1 aromatic rings. The number of amides is 1. The van der Waals surface area contributed by atoms with E-state index in [0.29, 0.717) is 25.1 Å². The summed E-state index contributed by atoms with van der Waals surface area (Å²) in [6.45, 7) is -1.44. The second kappa shape index (κ2) is 6.70. The van der Waals surface area contributed by atoms with Gasteiger partial charge in [-0.1, -0.05) is 12.4 Å². The lowest BCUT2D eigenvalue weighted by Crippen LogP contribution is -2.59. The Morgan fingerprint density at radius 1 is 1.30 bits per heavy atom. The van der Waals surface area contributed by atoms with E-state index in [2.05, 4.69) is 5.32 Å². The minimum absolute atomic E-state index is 0.0150. The number of rotatable bonds is 4. The Bertz CT molecular complexity index is 773. The van der Waals surface area contributed by atoms with Crippen molar-refractivity contribution in [1.82, 2.24) is 10.2 Å². The Morgan fingerprint density at radius 3 is 2.74 bits per heavy atom. The van der Waals surface area contributed by atoms with Gasteiger partial charge in [0.2, 0.25) is 5.91 Å². The first-order valence-electron chi connectivity index (χ1n) is 9.21. The smallest absolute Gasteiger partial charge is 0.430 e. The maximum atomic E-state index is 12.3. The molecule has 4 N–H and O–H groups in total. The third-order valence-electron chi connectivity index (χ3n) is 5.32. The fourth-order valence-corrected chi connectivity index (χ4v) is 3.82. The molecule has 1 aromatic carbocycles. The van der Waals surface area contributed by atoms with E-state index in [1.54, 1.807) is 17.0 Å². The van der Waals surface area contributed by atoms with Crippen molar-refractivity contribution in [2.45, 2.75) is 37.7 Å². The van der Waals surface area contributed by atoms with Crippen LogP contribution in [0.5, 0.6) is 11.5 Å².